The number of nitrogens with zero attached hydrogens (tertiary/aromatic N) is 1. The summed E-state index contributed by atoms with van der Waals surface area (Å²) in [5, 5.41) is 5.58. The van der Waals surface area contributed by atoms with Crippen LogP contribution in [-0.2, 0) is 14.3 Å². The Morgan fingerprint density at radius 3 is 2.31 bits per heavy atom. The molecule has 1 fully saturated rings. The zero-order valence-corrected chi connectivity index (χ0v) is 20.9. The number of hydrogen-bond acceptors (Lipinski definition) is 6. The van der Waals surface area contributed by atoms with Crippen molar-refractivity contribution in [1.29, 1.82) is 0 Å². The van der Waals surface area contributed by atoms with Gasteiger partial charge < -0.3 is 15.4 Å². The Morgan fingerprint density at radius 1 is 0.944 bits per heavy atom. The second-order valence-corrected chi connectivity index (χ2v) is 9.53. The van der Waals surface area contributed by atoms with E-state index in [9.17, 15) is 19.2 Å². The topological polar surface area (TPSA) is 105 Å². The number of ether oxygens (including phenoxy) is 1. The maximum absolute atomic E-state index is 12.9. The molecule has 9 heteroatoms. The minimum Gasteiger partial charge on any atom is -0.459 e. The number of hydrogen-bond donors (Lipinski definition) is 2. The van der Waals surface area contributed by atoms with Crippen LogP contribution in [0.5, 0.6) is 0 Å². The SMILES string of the molecule is CC(C)OC(=O)c1cccc(NC(=O)c2ccc(NC3=C(Cl)C(=O)N(C4CCCCC4)C3=O)cc2)c1. The third-order valence-electron chi connectivity index (χ3n) is 6.11. The first kappa shape index (κ1) is 25.4. The first-order valence-corrected chi connectivity index (χ1v) is 12.4. The highest BCUT2D eigenvalue weighted by Gasteiger charge is 2.42. The molecular weight excluding hydrogens is 482 g/mol. The van der Waals surface area contributed by atoms with E-state index in [-0.39, 0.29) is 28.8 Å². The Balaban J connectivity index is 1.41. The molecule has 0 saturated heterocycles. The average Bonchev–Trinajstić information content (AvgIpc) is 3.07. The summed E-state index contributed by atoms with van der Waals surface area (Å²) in [6, 6.07) is 12.8. The minimum absolute atomic E-state index is 0.0505. The van der Waals surface area contributed by atoms with Crippen molar-refractivity contribution in [2.45, 2.75) is 58.1 Å². The highest BCUT2D eigenvalue weighted by Crippen LogP contribution is 2.32. The fourth-order valence-electron chi connectivity index (χ4n) is 4.36. The molecule has 1 aliphatic carbocycles. The molecule has 0 aromatic heterocycles. The number of anilines is 2. The van der Waals surface area contributed by atoms with Crippen LogP contribution < -0.4 is 10.6 Å². The molecule has 2 N–H and O–H groups in total. The van der Waals surface area contributed by atoms with E-state index in [0.29, 0.717) is 22.5 Å². The molecule has 1 heterocycles. The third kappa shape index (κ3) is 5.60. The van der Waals surface area contributed by atoms with Gasteiger partial charge in [-0.05, 0) is 69.2 Å². The molecule has 0 radical (unpaired) electrons. The van der Waals surface area contributed by atoms with E-state index in [0.717, 1.165) is 32.1 Å². The lowest BCUT2D eigenvalue weighted by atomic mass is 9.94. The Hall–Kier alpha value is -3.65. The second kappa shape index (κ2) is 11.0. The number of nitrogens with one attached hydrogen (secondary N) is 2. The number of esters is 1. The summed E-state index contributed by atoms with van der Waals surface area (Å²) < 4.78 is 5.19. The molecule has 8 nitrogen and oxygen atoms in total. The van der Waals surface area contributed by atoms with Gasteiger partial charge in [0, 0.05) is 23.0 Å². The van der Waals surface area contributed by atoms with Crippen molar-refractivity contribution in [1.82, 2.24) is 4.90 Å². The number of benzene rings is 2. The standard InChI is InChI=1S/C27H28ClN3O5/c1-16(2)36-27(35)18-7-6-8-20(15-18)30-24(32)17-11-13-19(14-12-17)29-23-22(28)25(33)31(26(23)34)21-9-4-3-5-10-21/h6-8,11-16,21,29H,3-5,9-10H2,1-2H3,(H,30,32). The van der Waals surface area contributed by atoms with Crippen molar-refractivity contribution in [2.24, 2.45) is 0 Å². The molecule has 0 unspecified atom stereocenters. The van der Waals surface area contributed by atoms with Crippen LogP contribution in [0.15, 0.2) is 59.3 Å². The Kier molecular flexibility index (Phi) is 7.74. The van der Waals surface area contributed by atoms with Gasteiger partial charge >= 0.3 is 5.97 Å². The van der Waals surface area contributed by atoms with Crippen LogP contribution in [-0.4, -0.2) is 40.7 Å². The summed E-state index contributed by atoms with van der Waals surface area (Å²) in [6.07, 6.45) is 4.41. The van der Waals surface area contributed by atoms with Gasteiger partial charge in [0.15, 0.2) is 0 Å². The van der Waals surface area contributed by atoms with Crippen LogP contribution in [0.25, 0.3) is 0 Å². The number of rotatable bonds is 7. The van der Waals surface area contributed by atoms with E-state index in [1.807, 2.05) is 0 Å². The fourth-order valence-corrected chi connectivity index (χ4v) is 4.58. The van der Waals surface area contributed by atoms with Gasteiger partial charge in [-0.25, -0.2) is 4.79 Å². The first-order chi connectivity index (χ1) is 17.2. The van der Waals surface area contributed by atoms with Crippen molar-refractivity contribution in [2.75, 3.05) is 10.6 Å². The van der Waals surface area contributed by atoms with Crippen molar-refractivity contribution in [3.05, 3.63) is 70.4 Å². The van der Waals surface area contributed by atoms with E-state index >= 15 is 0 Å². The van der Waals surface area contributed by atoms with E-state index in [1.54, 1.807) is 62.4 Å². The smallest absolute Gasteiger partial charge is 0.338 e. The maximum Gasteiger partial charge on any atom is 0.338 e. The lowest BCUT2D eigenvalue weighted by Gasteiger charge is -2.29. The van der Waals surface area contributed by atoms with Gasteiger partial charge in [-0.3, -0.25) is 19.3 Å². The quantitative estimate of drug-likeness (QED) is 0.399. The normalized spacial score (nSPS) is 16.5. The third-order valence-corrected chi connectivity index (χ3v) is 6.46. The van der Waals surface area contributed by atoms with Gasteiger partial charge in [-0.2, -0.15) is 0 Å². The monoisotopic (exact) mass is 509 g/mol. The molecule has 188 valence electrons. The minimum atomic E-state index is -0.466. The summed E-state index contributed by atoms with van der Waals surface area (Å²) >= 11 is 6.23. The van der Waals surface area contributed by atoms with E-state index in [1.165, 1.54) is 4.90 Å². The molecule has 4 rings (SSSR count). The van der Waals surface area contributed by atoms with Crippen molar-refractivity contribution < 1.29 is 23.9 Å². The van der Waals surface area contributed by atoms with Crippen LogP contribution in [0, 0.1) is 0 Å². The van der Waals surface area contributed by atoms with Crippen LogP contribution in [0.4, 0.5) is 11.4 Å². The van der Waals surface area contributed by atoms with E-state index < -0.39 is 17.8 Å². The van der Waals surface area contributed by atoms with Gasteiger partial charge in [-0.1, -0.05) is 36.9 Å². The lowest BCUT2D eigenvalue weighted by molar-refractivity contribution is -0.140. The van der Waals surface area contributed by atoms with Gasteiger partial charge in [-0.15, -0.1) is 0 Å². The van der Waals surface area contributed by atoms with Gasteiger partial charge in [0.25, 0.3) is 17.7 Å². The van der Waals surface area contributed by atoms with Crippen molar-refractivity contribution in [3.63, 3.8) is 0 Å². The molecular formula is C27H28ClN3O5. The van der Waals surface area contributed by atoms with Crippen LogP contribution >= 0.6 is 11.6 Å². The molecule has 0 atom stereocenters. The molecule has 3 amide bonds. The zero-order chi connectivity index (χ0) is 25.8. The second-order valence-electron chi connectivity index (χ2n) is 9.15. The highest BCUT2D eigenvalue weighted by molar-refractivity contribution is 6.48. The highest BCUT2D eigenvalue weighted by atomic mass is 35.5. The largest absolute Gasteiger partial charge is 0.459 e. The molecule has 1 saturated carbocycles. The van der Waals surface area contributed by atoms with Crippen LogP contribution in [0.2, 0.25) is 0 Å². The fraction of sp³-hybridized carbons (Fsp3) is 0.333. The number of carbonyl (C=O) groups is 4. The van der Waals surface area contributed by atoms with E-state index in [4.69, 9.17) is 16.3 Å². The van der Waals surface area contributed by atoms with Crippen molar-refractivity contribution in [3.8, 4) is 0 Å². The summed E-state index contributed by atoms with van der Waals surface area (Å²) in [6.45, 7) is 3.53. The molecule has 2 aromatic carbocycles. The molecule has 0 spiro atoms. The number of amides is 3. The molecule has 0 bridgehead atoms. The van der Waals surface area contributed by atoms with E-state index in [2.05, 4.69) is 10.6 Å². The summed E-state index contributed by atoms with van der Waals surface area (Å²) in [4.78, 5) is 51.7. The Bertz CT molecular complexity index is 1220. The molecule has 2 aromatic rings. The molecule has 2 aliphatic rings. The van der Waals surface area contributed by atoms with Crippen LogP contribution in [0.1, 0.15) is 66.7 Å². The summed E-state index contributed by atoms with van der Waals surface area (Å²) in [5.41, 5.74) is 1.73. The lowest BCUT2D eigenvalue weighted by Crippen LogP contribution is -2.42. The summed E-state index contributed by atoms with van der Waals surface area (Å²) in [5.74, 6) is -1.73. The van der Waals surface area contributed by atoms with Gasteiger partial charge in [0.1, 0.15) is 10.7 Å². The van der Waals surface area contributed by atoms with Crippen molar-refractivity contribution >= 4 is 46.7 Å². The average molecular weight is 510 g/mol. The first-order valence-electron chi connectivity index (χ1n) is 12.0. The zero-order valence-electron chi connectivity index (χ0n) is 20.2. The molecule has 36 heavy (non-hydrogen) atoms. The Morgan fingerprint density at radius 2 is 1.64 bits per heavy atom. The predicted molar refractivity (Wildman–Crippen MR) is 137 cm³/mol. The number of halogens is 1. The molecule has 1 aliphatic heterocycles. The van der Waals surface area contributed by atoms with Crippen LogP contribution in [0.3, 0.4) is 0 Å². The predicted octanol–water partition coefficient (Wildman–Crippen LogP) is 5.07. The number of carbonyl (C=O) groups excluding carboxylic acids is 4. The van der Waals surface area contributed by atoms with Gasteiger partial charge in [0.2, 0.25) is 0 Å². The summed E-state index contributed by atoms with van der Waals surface area (Å²) in [7, 11) is 0. The van der Waals surface area contributed by atoms with Gasteiger partial charge in [0.05, 0.1) is 11.7 Å². The maximum atomic E-state index is 12.9. The number of imide groups is 1. The Labute approximate surface area is 214 Å².